The molecule has 0 aliphatic heterocycles. The van der Waals surface area contributed by atoms with E-state index < -0.39 is 29.7 Å². The van der Waals surface area contributed by atoms with Gasteiger partial charge in [0.2, 0.25) is 5.91 Å². The Morgan fingerprint density at radius 2 is 1.93 bits per heavy atom. The number of ether oxygens (including phenoxy) is 1. The monoisotopic (exact) mass is 443 g/mol. The van der Waals surface area contributed by atoms with Crippen LogP contribution >= 0.6 is 11.6 Å². The fraction of sp³-hybridized carbons (Fsp3) is 0.409. The van der Waals surface area contributed by atoms with Crippen molar-refractivity contribution >= 4 is 23.2 Å². The zero-order chi connectivity index (χ0) is 22.1. The molecule has 162 valence electrons. The largest absolute Gasteiger partial charge is 0.495 e. The van der Waals surface area contributed by atoms with Gasteiger partial charge in [0.1, 0.15) is 11.6 Å². The van der Waals surface area contributed by atoms with Gasteiger partial charge in [0.05, 0.1) is 29.7 Å². The first-order chi connectivity index (χ1) is 14.1. The van der Waals surface area contributed by atoms with Crippen LogP contribution in [0.5, 0.6) is 5.75 Å². The van der Waals surface area contributed by atoms with Crippen LogP contribution in [0.1, 0.15) is 36.8 Å². The molecule has 0 aromatic heterocycles. The first kappa shape index (κ1) is 22.4. The summed E-state index contributed by atoms with van der Waals surface area (Å²) in [6.45, 7) is 0.922. The smallest absolute Gasteiger partial charge is 0.392 e. The van der Waals surface area contributed by atoms with Crippen molar-refractivity contribution in [2.45, 2.75) is 38.3 Å². The van der Waals surface area contributed by atoms with Crippen molar-refractivity contribution in [3.8, 4) is 5.75 Å². The second-order valence-corrected chi connectivity index (χ2v) is 8.06. The van der Waals surface area contributed by atoms with E-state index in [-0.39, 0.29) is 22.0 Å². The van der Waals surface area contributed by atoms with Gasteiger partial charge in [-0.3, -0.25) is 4.79 Å². The maximum absolute atomic E-state index is 14.3. The normalized spacial score (nSPS) is 16.1. The number of amides is 1. The van der Waals surface area contributed by atoms with Gasteiger partial charge in [-0.15, -0.1) is 0 Å². The Balaban J connectivity index is 1.92. The molecule has 8 heteroatoms. The zero-order valence-electron chi connectivity index (χ0n) is 16.5. The van der Waals surface area contributed by atoms with Crippen LogP contribution < -0.4 is 10.1 Å². The number of benzene rings is 2. The molecule has 1 amide bonds. The molecule has 1 N–H and O–H groups in total. The second-order valence-electron chi connectivity index (χ2n) is 7.65. The number of rotatable bonds is 7. The van der Waals surface area contributed by atoms with Crippen molar-refractivity contribution < 1.29 is 27.1 Å². The van der Waals surface area contributed by atoms with Crippen LogP contribution in [0.4, 0.5) is 23.2 Å². The van der Waals surface area contributed by atoms with Crippen LogP contribution in [0.2, 0.25) is 5.02 Å². The number of carbonyl (C=O) groups is 1. The Labute approximate surface area is 177 Å². The van der Waals surface area contributed by atoms with Crippen molar-refractivity contribution in [1.82, 2.24) is 0 Å². The maximum atomic E-state index is 14.3. The Morgan fingerprint density at radius 3 is 2.53 bits per heavy atom. The van der Waals surface area contributed by atoms with Gasteiger partial charge in [-0.2, -0.15) is 13.2 Å². The topological polar surface area (TPSA) is 38.3 Å². The molecule has 0 saturated heterocycles. The quantitative estimate of drug-likeness (QED) is 0.505. The van der Waals surface area contributed by atoms with Crippen molar-refractivity contribution in [2.24, 2.45) is 11.8 Å². The van der Waals surface area contributed by atoms with E-state index in [1.807, 2.05) is 0 Å². The minimum atomic E-state index is -4.64. The van der Waals surface area contributed by atoms with Crippen LogP contribution in [0.15, 0.2) is 36.4 Å². The van der Waals surface area contributed by atoms with E-state index in [2.05, 4.69) is 5.32 Å². The predicted molar refractivity (Wildman–Crippen MR) is 107 cm³/mol. The van der Waals surface area contributed by atoms with Gasteiger partial charge >= 0.3 is 6.18 Å². The van der Waals surface area contributed by atoms with Crippen molar-refractivity contribution in [2.75, 3.05) is 12.4 Å². The van der Waals surface area contributed by atoms with Gasteiger partial charge in [0.15, 0.2) is 0 Å². The summed E-state index contributed by atoms with van der Waals surface area (Å²) >= 11 is 5.97. The van der Waals surface area contributed by atoms with Crippen LogP contribution in [-0.2, 0) is 11.2 Å². The Hall–Kier alpha value is -2.28. The molecule has 0 bridgehead atoms. The molecular weight excluding hydrogens is 422 g/mol. The molecule has 1 saturated carbocycles. The zero-order valence-corrected chi connectivity index (χ0v) is 17.3. The Bertz CT molecular complexity index is 928. The fourth-order valence-corrected chi connectivity index (χ4v) is 3.58. The number of halogens is 5. The van der Waals surface area contributed by atoms with E-state index in [9.17, 15) is 22.4 Å². The van der Waals surface area contributed by atoms with Gasteiger partial charge in [0.25, 0.3) is 0 Å². The minimum absolute atomic E-state index is 0.0770. The summed E-state index contributed by atoms with van der Waals surface area (Å²) < 4.78 is 59.9. The molecule has 0 heterocycles. The van der Waals surface area contributed by atoms with Crippen LogP contribution in [0.25, 0.3) is 0 Å². The maximum Gasteiger partial charge on any atom is 0.392 e. The summed E-state index contributed by atoms with van der Waals surface area (Å²) in [7, 11) is 1.33. The van der Waals surface area contributed by atoms with E-state index in [1.165, 1.54) is 37.4 Å². The molecular formula is C22H22ClF4NO2. The highest BCUT2D eigenvalue weighted by Gasteiger charge is 2.45. The molecule has 3 rings (SSSR count). The van der Waals surface area contributed by atoms with Crippen molar-refractivity contribution in [3.63, 3.8) is 0 Å². The number of hydrogen-bond donors (Lipinski definition) is 1. The Kier molecular flexibility index (Phi) is 6.60. The minimum Gasteiger partial charge on any atom is -0.495 e. The van der Waals surface area contributed by atoms with Gasteiger partial charge in [-0.25, -0.2) is 4.39 Å². The fourth-order valence-electron chi connectivity index (χ4n) is 3.39. The summed E-state index contributed by atoms with van der Waals surface area (Å²) in [5.74, 6) is -4.58. The molecule has 2 atom stereocenters. The van der Waals surface area contributed by atoms with E-state index in [1.54, 1.807) is 6.07 Å². The van der Waals surface area contributed by atoms with E-state index in [0.717, 1.165) is 31.7 Å². The third-order valence-corrected chi connectivity index (χ3v) is 5.66. The van der Waals surface area contributed by atoms with Crippen LogP contribution in [-0.4, -0.2) is 19.2 Å². The molecule has 1 aliphatic carbocycles. The highest BCUT2D eigenvalue weighted by molar-refractivity contribution is 6.32. The lowest BCUT2D eigenvalue weighted by Crippen LogP contribution is -2.34. The summed E-state index contributed by atoms with van der Waals surface area (Å²) in [4.78, 5) is 12.9. The van der Waals surface area contributed by atoms with E-state index in [4.69, 9.17) is 16.3 Å². The highest BCUT2D eigenvalue weighted by Crippen LogP contribution is 2.40. The summed E-state index contributed by atoms with van der Waals surface area (Å²) in [6, 6.07) is 8.36. The third-order valence-electron chi connectivity index (χ3n) is 5.34. The van der Waals surface area contributed by atoms with Crippen LogP contribution in [0, 0.1) is 17.7 Å². The van der Waals surface area contributed by atoms with E-state index >= 15 is 0 Å². The number of alkyl halides is 3. The summed E-state index contributed by atoms with van der Waals surface area (Å²) in [5, 5.41) is 2.57. The number of methoxy groups -OCH3 is 1. The molecule has 1 aliphatic rings. The van der Waals surface area contributed by atoms with E-state index in [0.29, 0.717) is 5.92 Å². The Morgan fingerprint density at radius 1 is 1.23 bits per heavy atom. The van der Waals surface area contributed by atoms with Gasteiger partial charge < -0.3 is 10.1 Å². The molecule has 2 aromatic carbocycles. The van der Waals surface area contributed by atoms with Gasteiger partial charge in [-0.05, 0) is 60.6 Å². The number of carbonyl (C=O) groups excluding carboxylic acids is 1. The van der Waals surface area contributed by atoms with Crippen molar-refractivity contribution in [3.05, 3.63) is 58.4 Å². The van der Waals surface area contributed by atoms with Crippen molar-refractivity contribution in [1.29, 1.82) is 0 Å². The number of anilines is 1. The van der Waals surface area contributed by atoms with Gasteiger partial charge in [0, 0.05) is 0 Å². The predicted octanol–water partition coefficient (Wildman–Crippen LogP) is 6.36. The average Bonchev–Trinajstić information content (AvgIpc) is 3.49. The summed E-state index contributed by atoms with van der Waals surface area (Å²) in [5.41, 5.74) is 0.786. The molecule has 1 fully saturated rings. The molecule has 0 radical (unpaired) electrons. The lowest BCUT2D eigenvalue weighted by molar-refractivity contribution is -0.178. The number of nitrogens with one attached hydrogen (secondary N) is 1. The van der Waals surface area contributed by atoms with Crippen LogP contribution in [0.3, 0.4) is 0 Å². The first-order valence-electron chi connectivity index (χ1n) is 9.59. The molecule has 30 heavy (non-hydrogen) atoms. The molecule has 0 spiro atoms. The average molecular weight is 444 g/mol. The lowest BCUT2D eigenvalue weighted by atomic mass is 9.85. The molecule has 2 aromatic rings. The SMILES string of the molecule is COc1cc([C@@H](C(=O)Nc2cc(CC3CC3)ccc2F)[C@@H](C)C(F)(F)F)ccc1Cl. The third kappa shape index (κ3) is 5.25. The number of hydrogen-bond acceptors (Lipinski definition) is 2. The van der Waals surface area contributed by atoms with Gasteiger partial charge in [-0.1, -0.05) is 30.7 Å². The summed E-state index contributed by atoms with van der Waals surface area (Å²) in [6.07, 6.45) is -1.69. The first-order valence-corrected chi connectivity index (χ1v) is 9.97. The molecule has 3 nitrogen and oxygen atoms in total. The standard InChI is InChI=1S/C22H22ClF4NO2/c1-12(22(25,26)27)20(15-6-7-16(23)19(11-15)30-2)21(29)28-18-10-14(5-8-17(18)24)9-13-3-4-13/h5-8,10-13,20H,3-4,9H2,1-2H3,(H,28,29)/t12-,20+/m1/s1. The molecule has 0 unspecified atom stereocenters. The lowest BCUT2D eigenvalue weighted by Gasteiger charge is -2.26. The second kappa shape index (κ2) is 8.84. The highest BCUT2D eigenvalue weighted by atomic mass is 35.5.